The summed E-state index contributed by atoms with van der Waals surface area (Å²) in [5, 5.41) is 0. The van der Waals surface area contributed by atoms with Crippen molar-refractivity contribution >= 4 is 26.9 Å². The SMILES string of the molecule is O=S1(=O)c2ccccc2C(c2ccc(N(c3ccccc3)c3ccccc3)cc2)(c2cc(-c3ccccc3)cc(-c3ccccc3)n2)c2ccccc21. The van der Waals surface area contributed by atoms with Gasteiger partial charge in [-0.3, -0.25) is 4.98 Å². The molecule has 0 amide bonds. The third kappa shape index (κ3) is 5.45. The Morgan fingerprint density at radius 3 is 1.38 bits per heavy atom. The highest BCUT2D eigenvalue weighted by atomic mass is 32.2. The Kier molecular flexibility index (Phi) is 8.06. The third-order valence-electron chi connectivity index (χ3n) is 10.1. The van der Waals surface area contributed by atoms with Gasteiger partial charge < -0.3 is 4.90 Å². The number of pyridine rings is 1. The molecule has 7 aromatic carbocycles. The molecule has 1 aliphatic heterocycles. The first-order valence-electron chi connectivity index (χ1n) is 17.6. The van der Waals surface area contributed by atoms with Crippen LogP contribution in [0.5, 0.6) is 0 Å². The molecule has 2 heterocycles. The van der Waals surface area contributed by atoms with E-state index in [1.807, 2.05) is 97.1 Å². The van der Waals surface area contributed by atoms with Gasteiger partial charge in [0, 0.05) is 22.6 Å². The van der Waals surface area contributed by atoms with Gasteiger partial charge in [-0.2, -0.15) is 0 Å². The van der Waals surface area contributed by atoms with E-state index in [4.69, 9.17) is 4.98 Å². The van der Waals surface area contributed by atoms with Crippen LogP contribution in [0.4, 0.5) is 17.1 Å². The molecule has 0 fully saturated rings. The molecule has 0 aliphatic carbocycles. The summed E-state index contributed by atoms with van der Waals surface area (Å²) in [6.07, 6.45) is 0. The van der Waals surface area contributed by atoms with Crippen molar-refractivity contribution in [3.05, 3.63) is 229 Å². The van der Waals surface area contributed by atoms with Crippen LogP contribution in [-0.4, -0.2) is 13.4 Å². The predicted molar refractivity (Wildman–Crippen MR) is 214 cm³/mol. The zero-order chi connectivity index (χ0) is 35.8. The Morgan fingerprint density at radius 1 is 0.415 bits per heavy atom. The van der Waals surface area contributed by atoms with Crippen LogP contribution >= 0.6 is 0 Å². The topological polar surface area (TPSA) is 50.3 Å². The van der Waals surface area contributed by atoms with Crippen molar-refractivity contribution in [2.75, 3.05) is 4.90 Å². The number of hydrogen-bond donors (Lipinski definition) is 0. The summed E-state index contributed by atoms with van der Waals surface area (Å²) in [6, 6.07) is 68.7. The van der Waals surface area contributed by atoms with Crippen LogP contribution in [0.2, 0.25) is 0 Å². The van der Waals surface area contributed by atoms with Gasteiger partial charge in [-0.15, -0.1) is 0 Å². The van der Waals surface area contributed by atoms with Crippen molar-refractivity contribution in [3.8, 4) is 22.4 Å². The third-order valence-corrected chi connectivity index (χ3v) is 12.0. The largest absolute Gasteiger partial charge is 0.311 e. The fourth-order valence-corrected chi connectivity index (χ4v) is 9.53. The lowest BCUT2D eigenvalue weighted by Crippen LogP contribution is -2.38. The number of benzene rings is 7. The number of sulfone groups is 1. The number of fused-ring (bicyclic) bond motifs is 2. The highest BCUT2D eigenvalue weighted by Crippen LogP contribution is 2.54. The summed E-state index contributed by atoms with van der Waals surface area (Å²) in [5.41, 5.74) is 8.77. The molecule has 0 bridgehead atoms. The Labute approximate surface area is 310 Å². The zero-order valence-corrected chi connectivity index (χ0v) is 29.6. The highest BCUT2D eigenvalue weighted by molar-refractivity contribution is 7.91. The Morgan fingerprint density at radius 2 is 0.849 bits per heavy atom. The molecule has 9 rings (SSSR count). The first-order valence-corrected chi connectivity index (χ1v) is 19.1. The van der Waals surface area contributed by atoms with Crippen LogP contribution in [0.3, 0.4) is 0 Å². The van der Waals surface area contributed by atoms with Crippen molar-refractivity contribution in [1.29, 1.82) is 0 Å². The van der Waals surface area contributed by atoms with Crippen LogP contribution in [0.25, 0.3) is 22.4 Å². The average Bonchev–Trinajstić information content (AvgIpc) is 3.23. The lowest BCUT2D eigenvalue weighted by atomic mass is 9.66. The number of nitrogens with zero attached hydrogens (tertiary/aromatic N) is 2. The Bertz CT molecular complexity index is 2510. The van der Waals surface area contributed by atoms with Crippen LogP contribution in [0, 0.1) is 0 Å². The van der Waals surface area contributed by atoms with Gasteiger partial charge in [0.05, 0.1) is 26.6 Å². The van der Waals surface area contributed by atoms with E-state index in [2.05, 4.69) is 89.8 Å². The summed E-state index contributed by atoms with van der Waals surface area (Å²) in [7, 11) is -3.84. The molecule has 254 valence electrons. The van der Waals surface area contributed by atoms with Crippen molar-refractivity contribution < 1.29 is 8.42 Å². The first-order chi connectivity index (χ1) is 26.0. The zero-order valence-electron chi connectivity index (χ0n) is 28.7. The van der Waals surface area contributed by atoms with Crippen LogP contribution in [-0.2, 0) is 15.3 Å². The van der Waals surface area contributed by atoms with Crippen molar-refractivity contribution in [2.24, 2.45) is 0 Å². The van der Waals surface area contributed by atoms with Crippen molar-refractivity contribution in [1.82, 2.24) is 4.98 Å². The van der Waals surface area contributed by atoms with E-state index < -0.39 is 15.3 Å². The Balaban J connectivity index is 1.36. The lowest BCUT2D eigenvalue weighted by molar-refractivity contribution is 0.576. The second kappa shape index (κ2) is 13.2. The minimum absolute atomic E-state index is 0.283. The van der Waals surface area contributed by atoms with Crippen molar-refractivity contribution in [3.63, 3.8) is 0 Å². The molecule has 53 heavy (non-hydrogen) atoms. The van der Waals surface area contributed by atoms with Gasteiger partial charge in [0.15, 0.2) is 0 Å². The monoisotopic (exact) mass is 702 g/mol. The summed E-state index contributed by atoms with van der Waals surface area (Å²) in [5.74, 6) is 0. The van der Waals surface area contributed by atoms with E-state index in [0.717, 1.165) is 50.7 Å². The summed E-state index contributed by atoms with van der Waals surface area (Å²) in [4.78, 5) is 8.29. The molecule has 5 heteroatoms. The molecule has 4 nitrogen and oxygen atoms in total. The molecule has 0 unspecified atom stereocenters. The van der Waals surface area contributed by atoms with E-state index in [1.54, 1.807) is 24.3 Å². The normalized spacial score (nSPS) is 13.7. The minimum Gasteiger partial charge on any atom is -0.311 e. The van der Waals surface area contributed by atoms with E-state index in [-0.39, 0.29) is 9.79 Å². The molecule has 0 spiro atoms. The van der Waals surface area contributed by atoms with E-state index in [9.17, 15) is 8.42 Å². The molecule has 0 saturated carbocycles. The maximum absolute atomic E-state index is 14.5. The fraction of sp³-hybridized carbons (Fsp3) is 0.0208. The van der Waals surface area contributed by atoms with E-state index in [0.29, 0.717) is 11.1 Å². The number of hydrogen-bond acceptors (Lipinski definition) is 4. The Hall–Kier alpha value is -6.56. The van der Waals surface area contributed by atoms with Gasteiger partial charge in [0.1, 0.15) is 0 Å². The molecule has 1 aromatic heterocycles. The molecule has 0 radical (unpaired) electrons. The first kappa shape index (κ1) is 32.4. The number of anilines is 3. The molecule has 0 N–H and O–H groups in total. The smallest absolute Gasteiger partial charge is 0.207 e. The molecule has 1 aliphatic rings. The summed E-state index contributed by atoms with van der Waals surface area (Å²) in [6.45, 7) is 0. The van der Waals surface area contributed by atoms with Gasteiger partial charge >= 0.3 is 0 Å². The quantitative estimate of drug-likeness (QED) is 0.166. The van der Waals surface area contributed by atoms with Gasteiger partial charge in [0.2, 0.25) is 9.84 Å². The predicted octanol–water partition coefficient (Wildman–Crippen LogP) is 11.4. The lowest BCUT2D eigenvalue weighted by Gasteiger charge is -2.41. The molecule has 0 atom stereocenters. The molecule has 8 aromatic rings. The van der Waals surface area contributed by atoms with Crippen LogP contribution in [0.1, 0.15) is 22.4 Å². The second-order valence-electron chi connectivity index (χ2n) is 13.2. The average molecular weight is 703 g/mol. The van der Waals surface area contributed by atoms with Crippen LogP contribution < -0.4 is 4.90 Å². The fourth-order valence-electron chi connectivity index (χ4n) is 7.76. The molecular formula is C48H34N2O2S. The number of para-hydroxylation sites is 2. The van der Waals surface area contributed by atoms with Gasteiger partial charge in [0.25, 0.3) is 0 Å². The van der Waals surface area contributed by atoms with Gasteiger partial charge in [-0.25, -0.2) is 8.42 Å². The standard InChI is InChI=1S/C48H34N2O2S/c51-53(52)45-27-15-13-25-42(45)48(43-26-14-16-28-46(43)53,47-34-37(35-17-5-1-6-18-35)33-44(49-47)36-19-7-2-8-20-36)38-29-31-41(32-30-38)50(39-21-9-3-10-22-39)40-23-11-4-12-24-40/h1-34H. The number of rotatable bonds is 7. The maximum atomic E-state index is 14.5. The van der Waals surface area contributed by atoms with Crippen LogP contribution in [0.15, 0.2) is 216 Å². The molecule has 0 saturated heterocycles. The second-order valence-corrected chi connectivity index (χ2v) is 15.0. The maximum Gasteiger partial charge on any atom is 0.207 e. The number of aromatic nitrogens is 1. The molecular weight excluding hydrogens is 669 g/mol. The van der Waals surface area contributed by atoms with E-state index >= 15 is 0 Å². The van der Waals surface area contributed by atoms with E-state index in [1.165, 1.54) is 0 Å². The van der Waals surface area contributed by atoms with Gasteiger partial charge in [-0.05, 0) is 88.5 Å². The minimum atomic E-state index is -3.84. The summed E-state index contributed by atoms with van der Waals surface area (Å²) < 4.78 is 28.9. The van der Waals surface area contributed by atoms with Gasteiger partial charge in [-0.1, -0.05) is 146 Å². The summed E-state index contributed by atoms with van der Waals surface area (Å²) >= 11 is 0. The van der Waals surface area contributed by atoms with Crippen molar-refractivity contribution in [2.45, 2.75) is 15.2 Å². The highest BCUT2D eigenvalue weighted by Gasteiger charge is 2.50.